The third-order valence-corrected chi connectivity index (χ3v) is 3.93. The molecular formula is C15H16N4O4. The maximum Gasteiger partial charge on any atom is 0.303 e. The molecule has 2 heterocycles. The molecule has 0 fully saturated rings. The number of rotatable bonds is 2. The molecule has 1 aromatic heterocycles. The van der Waals surface area contributed by atoms with E-state index in [2.05, 4.69) is 10.3 Å². The van der Waals surface area contributed by atoms with Crippen LogP contribution in [-0.4, -0.2) is 32.9 Å². The Labute approximate surface area is 132 Å². The first-order chi connectivity index (χ1) is 10.8. The fraction of sp³-hybridized carbons (Fsp3) is 0.400. The predicted molar refractivity (Wildman–Crippen MR) is 79.0 cm³/mol. The average molecular weight is 316 g/mol. The number of fused-ring (bicyclic) bond motifs is 3. The standard InChI is InChI=1S/C15H16N4O4/c1-6-11(17-7(2)20)10(16)12-13(14(6)22)19-5-4-9(15(19)18-12)23-8(3)21/h9,16H,4-5H2,1-3H3,(H,17,20). The molecule has 1 unspecified atom stereocenters. The zero-order valence-electron chi connectivity index (χ0n) is 13.0. The van der Waals surface area contributed by atoms with Crippen molar-refractivity contribution in [2.45, 2.75) is 39.8 Å². The van der Waals surface area contributed by atoms with Crippen molar-refractivity contribution in [2.75, 3.05) is 0 Å². The molecule has 23 heavy (non-hydrogen) atoms. The minimum absolute atomic E-state index is 0.00391. The molecule has 2 aliphatic rings. The van der Waals surface area contributed by atoms with Crippen molar-refractivity contribution < 1.29 is 19.1 Å². The summed E-state index contributed by atoms with van der Waals surface area (Å²) in [5.74, 6) is -0.578. The van der Waals surface area contributed by atoms with Crippen LogP contribution in [0.15, 0.2) is 11.3 Å². The van der Waals surface area contributed by atoms with Crippen molar-refractivity contribution in [2.24, 2.45) is 0 Å². The van der Waals surface area contributed by atoms with Crippen molar-refractivity contribution >= 4 is 23.4 Å². The fourth-order valence-corrected chi connectivity index (χ4v) is 2.96. The summed E-state index contributed by atoms with van der Waals surface area (Å²) in [4.78, 5) is 39.5. The quantitative estimate of drug-likeness (QED) is 0.786. The maximum atomic E-state index is 12.6. The Balaban J connectivity index is 2.07. The highest BCUT2D eigenvalue weighted by molar-refractivity contribution is 6.26. The van der Waals surface area contributed by atoms with Gasteiger partial charge in [-0.25, -0.2) is 4.98 Å². The van der Waals surface area contributed by atoms with E-state index < -0.39 is 12.1 Å². The predicted octanol–water partition coefficient (Wildman–Crippen LogP) is 0.865. The van der Waals surface area contributed by atoms with E-state index in [9.17, 15) is 14.4 Å². The lowest BCUT2D eigenvalue weighted by atomic mass is 9.94. The number of Topliss-reactive ketones (excluding diaryl/α,β-unsaturated/α-hetero) is 1. The molecular weight excluding hydrogens is 300 g/mol. The summed E-state index contributed by atoms with van der Waals surface area (Å²) < 4.78 is 6.92. The molecule has 3 rings (SSSR count). The Hall–Kier alpha value is -2.77. The Morgan fingerprint density at radius 2 is 2.09 bits per heavy atom. The molecule has 8 heteroatoms. The molecule has 0 radical (unpaired) electrons. The number of amides is 1. The van der Waals surface area contributed by atoms with Gasteiger partial charge in [-0.2, -0.15) is 0 Å². The van der Waals surface area contributed by atoms with Gasteiger partial charge in [-0.3, -0.25) is 19.8 Å². The van der Waals surface area contributed by atoms with Gasteiger partial charge in [0.05, 0.1) is 5.70 Å². The summed E-state index contributed by atoms with van der Waals surface area (Å²) >= 11 is 0. The number of ether oxygens (including phenoxy) is 1. The van der Waals surface area contributed by atoms with Gasteiger partial charge >= 0.3 is 5.97 Å². The Kier molecular flexibility index (Phi) is 3.39. The minimum atomic E-state index is -0.511. The maximum absolute atomic E-state index is 12.6. The number of carbonyl (C=O) groups is 3. The first-order valence-electron chi connectivity index (χ1n) is 7.21. The smallest absolute Gasteiger partial charge is 0.303 e. The number of nitrogens with zero attached hydrogens (tertiary/aromatic N) is 2. The van der Waals surface area contributed by atoms with E-state index in [1.54, 1.807) is 11.5 Å². The molecule has 0 spiro atoms. The van der Waals surface area contributed by atoms with Gasteiger partial charge < -0.3 is 14.6 Å². The van der Waals surface area contributed by atoms with Crippen LogP contribution in [0.2, 0.25) is 0 Å². The van der Waals surface area contributed by atoms with E-state index in [1.165, 1.54) is 13.8 Å². The zero-order valence-corrected chi connectivity index (χ0v) is 13.0. The Bertz CT molecular complexity index is 803. The van der Waals surface area contributed by atoms with Crippen molar-refractivity contribution in [1.29, 1.82) is 5.41 Å². The lowest BCUT2D eigenvalue weighted by molar-refractivity contribution is -0.146. The second-order valence-corrected chi connectivity index (χ2v) is 5.59. The summed E-state index contributed by atoms with van der Waals surface area (Å²) in [5.41, 5.74) is 1.02. The van der Waals surface area contributed by atoms with Gasteiger partial charge in [0.15, 0.2) is 11.9 Å². The molecule has 1 aliphatic heterocycles. The average Bonchev–Trinajstić information content (AvgIpc) is 3.01. The molecule has 1 amide bonds. The zero-order chi connectivity index (χ0) is 16.9. The summed E-state index contributed by atoms with van der Waals surface area (Å²) in [6.07, 6.45) is 0.0418. The highest BCUT2D eigenvalue weighted by Crippen LogP contribution is 2.35. The van der Waals surface area contributed by atoms with Crippen LogP contribution in [0.3, 0.4) is 0 Å². The molecule has 1 aromatic rings. The Morgan fingerprint density at radius 3 is 2.70 bits per heavy atom. The van der Waals surface area contributed by atoms with E-state index in [0.717, 1.165) is 0 Å². The summed E-state index contributed by atoms with van der Waals surface area (Å²) in [5, 5.41) is 10.8. The van der Waals surface area contributed by atoms with Gasteiger partial charge in [-0.15, -0.1) is 0 Å². The number of hydrogen-bond acceptors (Lipinski definition) is 6. The molecule has 8 nitrogen and oxygen atoms in total. The van der Waals surface area contributed by atoms with Crippen LogP contribution in [0.5, 0.6) is 0 Å². The third kappa shape index (κ3) is 2.26. The number of ketones is 1. The Morgan fingerprint density at radius 1 is 1.39 bits per heavy atom. The number of carbonyl (C=O) groups excluding carboxylic acids is 3. The number of aromatic nitrogens is 2. The second kappa shape index (κ2) is 5.15. The molecule has 0 bridgehead atoms. The SMILES string of the molecule is CC(=O)NC1=C(C)C(=O)c2c(nc3n2CCC3OC(C)=O)C1=N. The lowest BCUT2D eigenvalue weighted by Gasteiger charge is -2.19. The molecule has 0 aromatic carbocycles. The van der Waals surface area contributed by atoms with Crippen LogP contribution in [0, 0.1) is 5.41 Å². The van der Waals surface area contributed by atoms with E-state index >= 15 is 0 Å². The van der Waals surface area contributed by atoms with Crippen molar-refractivity contribution in [3.05, 3.63) is 28.5 Å². The summed E-state index contributed by atoms with van der Waals surface area (Å²) in [6, 6.07) is 0. The minimum Gasteiger partial charge on any atom is -0.454 e. The summed E-state index contributed by atoms with van der Waals surface area (Å²) in [6.45, 7) is 4.71. The van der Waals surface area contributed by atoms with Gasteiger partial charge in [0.2, 0.25) is 11.7 Å². The van der Waals surface area contributed by atoms with Gasteiger partial charge in [-0.05, 0) is 6.92 Å². The van der Waals surface area contributed by atoms with Crippen LogP contribution in [0.1, 0.15) is 55.3 Å². The van der Waals surface area contributed by atoms with Gasteiger partial charge in [0, 0.05) is 32.4 Å². The topological polar surface area (TPSA) is 114 Å². The van der Waals surface area contributed by atoms with Gasteiger partial charge in [0.1, 0.15) is 17.1 Å². The molecule has 1 atom stereocenters. The second-order valence-electron chi connectivity index (χ2n) is 5.59. The van der Waals surface area contributed by atoms with Crippen LogP contribution >= 0.6 is 0 Å². The van der Waals surface area contributed by atoms with E-state index in [1.807, 2.05) is 0 Å². The van der Waals surface area contributed by atoms with Crippen molar-refractivity contribution in [1.82, 2.24) is 14.9 Å². The number of hydrogen-bond donors (Lipinski definition) is 2. The monoisotopic (exact) mass is 316 g/mol. The number of imidazole rings is 1. The van der Waals surface area contributed by atoms with E-state index in [0.29, 0.717) is 30.1 Å². The van der Waals surface area contributed by atoms with Gasteiger partial charge in [0.25, 0.3) is 0 Å². The fourth-order valence-electron chi connectivity index (χ4n) is 2.96. The van der Waals surface area contributed by atoms with Crippen LogP contribution < -0.4 is 5.32 Å². The number of allylic oxidation sites excluding steroid dienone is 2. The van der Waals surface area contributed by atoms with Crippen LogP contribution in [0.25, 0.3) is 0 Å². The van der Waals surface area contributed by atoms with Crippen LogP contribution in [0.4, 0.5) is 0 Å². The highest BCUT2D eigenvalue weighted by atomic mass is 16.5. The number of nitrogens with one attached hydrogen (secondary N) is 2. The molecule has 120 valence electrons. The lowest BCUT2D eigenvalue weighted by Crippen LogP contribution is -2.33. The van der Waals surface area contributed by atoms with Gasteiger partial charge in [-0.1, -0.05) is 0 Å². The molecule has 0 saturated heterocycles. The summed E-state index contributed by atoms with van der Waals surface area (Å²) in [7, 11) is 0. The molecule has 0 saturated carbocycles. The molecule has 1 aliphatic carbocycles. The molecule has 2 N–H and O–H groups in total. The highest BCUT2D eigenvalue weighted by Gasteiger charge is 2.39. The largest absolute Gasteiger partial charge is 0.454 e. The number of esters is 1. The van der Waals surface area contributed by atoms with E-state index in [-0.39, 0.29) is 28.8 Å². The normalized spacial score (nSPS) is 19.5. The van der Waals surface area contributed by atoms with Crippen molar-refractivity contribution in [3.63, 3.8) is 0 Å². The van der Waals surface area contributed by atoms with Crippen molar-refractivity contribution in [3.8, 4) is 0 Å². The first kappa shape index (κ1) is 15.1. The third-order valence-electron chi connectivity index (χ3n) is 3.93. The first-order valence-corrected chi connectivity index (χ1v) is 7.21. The van der Waals surface area contributed by atoms with E-state index in [4.69, 9.17) is 10.1 Å². The van der Waals surface area contributed by atoms with Crippen LogP contribution in [-0.2, 0) is 20.9 Å².